The Kier molecular flexibility index (Phi) is 3.05. The predicted octanol–water partition coefficient (Wildman–Crippen LogP) is -0.130. The number of rotatable bonds is 4. The molecule has 0 spiro atoms. The number of nitrogens with one attached hydrogen (secondary N) is 2. The standard InChI is InChI=1S/C7H9N3O3S/c8-14(12,13)10-7-3-1-2-6(4-7)9-5-11/h1-5,10H,(H,9,11)(H2,8,12,13). The summed E-state index contributed by atoms with van der Waals surface area (Å²) in [4.78, 5) is 10.1. The van der Waals surface area contributed by atoms with Crippen LogP contribution < -0.4 is 15.2 Å². The first-order valence-corrected chi connectivity index (χ1v) is 5.17. The third kappa shape index (κ3) is 3.42. The van der Waals surface area contributed by atoms with Crippen LogP contribution in [0.1, 0.15) is 0 Å². The van der Waals surface area contributed by atoms with E-state index in [1.165, 1.54) is 12.1 Å². The van der Waals surface area contributed by atoms with Crippen LogP contribution in [0.15, 0.2) is 24.3 Å². The number of carbonyl (C=O) groups is 1. The number of hydrogen-bond donors (Lipinski definition) is 3. The van der Waals surface area contributed by atoms with Gasteiger partial charge >= 0.3 is 0 Å². The van der Waals surface area contributed by atoms with Gasteiger partial charge in [-0.1, -0.05) is 6.07 Å². The van der Waals surface area contributed by atoms with E-state index >= 15 is 0 Å². The average Bonchev–Trinajstić information content (AvgIpc) is 2.02. The molecule has 0 saturated heterocycles. The molecule has 0 atom stereocenters. The third-order valence-electron chi connectivity index (χ3n) is 1.35. The Balaban J connectivity index is 2.88. The predicted molar refractivity (Wildman–Crippen MR) is 52.9 cm³/mol. The smallest absolute Gasteiger partial charge is 0.296 e. The zero-order valence-electron chi connectivity index (χ0n) is 7.10. The fraction of sp³-hybridized carbons (Fsp3) is 0. The van der Waals surface area contributed by atoms with Crippen molar-refractivity contribution in [3.63, 3.8) is 0 Å². The zero-order valence-corrected chi connectivity index (χ0v) is 7.91. The van der Waals surface area contributed by atoms with Crippen molar-refractivity contribution >= 4 is 28.0 Å². The number of nitrogens with two attached hydrogens (primary N) is 1. The second kappa shape index (κ2) is 4.07. The minimum absolute atomic E-state index is 0.291. The monoisotopic (exact) mass is 215 g/mol. The van der Waals surface area contributed by atoms with Crippen LogP contribution in [0.3, 0.4) is 0 Å². The molecular weight excluding hydrogens is 206 g/mol. The Bertz CT molecular complexity index is 430. The maximum absolute atomic E-state index is 10.6. The Morgan fingerprint density at radius 3 is 2.50 bits per heavy atom. The quantitative estimate of drug-likeness (QED) is 0.610. The van der Waals surface area contributed by atoms with Crippen molar-refractivity contribution in [3.8, 4) is 0 Å². The van der Waals surface area contributed by atoms with Gasteiger partial charge in [-0.2, -0.15) is 8.42 Å². The molecule has 0 bridgehead atoms. The Morgan fingerprint density at radius 2 is 1.93 bits per heavy atom. The van der Waals surface area contributed by atoms with Crippen molar-refractivity contribution in [3.05, 3.63) is 24.3 Å². The second-order valence-corrected chi connectivity index (χ2v) is 3.78. The van der Waals surface area contributed by atoms with Crippen LogP contribution in [0.4, 0.5) is 11.4 Å². The van der Waals surface area contributed by atoms with Gasteiger partial charge in [0.25, 0.3) is 10.2 Å². The summed E-state index contributed by atoms with van der Waals surface area (Å²) in [5.41, 5.74) is 0.771. The number of anilines is 2. The minimum atomic E-state index is -3.77. The fourth-order valence-corrected chi connectivity index (χ4v) is 1.36. The van der Waals surface area contributed by atoms with Crippen LogP contribution in [0.5, 0.6) is 0 Å². The summed E-state index contributed by atoms with van der Waals surface area (Å²) < 4.78 is 23.4. The van der Waals surface area contributed by atoms with Crippen molar-refractivity contribution in [2.45, 2.75) is 0 Å². The Hall–Kier alpha value is -1.60. The van der Waals surface area contributed by atoms with Crippen molar-refractivity contribution in [2.75, 3.05) is 10.0 Å². The first-order chi connectivity index (χ1) is 6.51. The van der Waals surface area contributed by atoms with E-state index in [4.69, 9.17) is 5.14 Å². The Morgan fingerprint density at radius 1 is 1.29 bits per heavy atom. The summed E-state index contributed by atoms with van der Waals surface area (Å²) in [6.07, 6.45) is 0.496. The van der Waals surface area contributed by atoms with Crippen molar-refractivity contribution < 1.29 is 13.2 Å². The van der Waals surface area contributed by atoms with E-state index in [2.05, 4.69) is 10.0 Å². The van der Waals surface area contributed by atoms with Crippen molar-refractivity contribution in [1.82, 2.24) is 0 Å². The van der Waals surface area contributed by atoms with Gasteiger partial charge in [-0.05, 0) is 18.2 Å². The van der Waals surface area contributed by atoms with Crippen LogP contribution in [0.2, 0.25) is 0 Å². The van der Waals surface area contributed by atoms with E-state index in [0.29, 0.717) is 17.8 Å². The molecule has 14 heavy (non-hydrogen) atoms. The van der Waals surface area contributed by atoms with Gasteiger partial charge < -0.3 is 5.32 Å². The van der Waals surface area contributed by atoms with Crippen LogP contribution in [0, 0.1) is 0 Å². The molecule has 0 saturated carbocycles. The van der Waals surface area contributed by atoms with Gasteiger partial charge in [0.2, 0.25) is 6.41 Å². The maximum atomic E-state index is 10.6. The van der Waals surface area contributed by atoms with E-state index in [-0.39, 0.29) is 0 Å². The van der Waals surface area contributed by atoms with E-state index in [0.717, 1.165) is 0 Å². The minimum Gasteiger partial charge on any atom is -0.329 e. The van der Waals surface area contributed by atoms with E-state index in [9.17, 15) is 13.2 Å². The molecule has 0 aliphatic carbocycles. The summed E-state index contributed by atoms with van der Waals surface area (Å²) in [6, 6.07) is 6.15. The maximum Gasteiger partial charge on any atom is 0.296 e. The number of hydrogen-bond acceptors (Lipinski definition) is 3. The molecule has 1 amide bonds. The topological polar surface area (TPSA) is 101 Å². The molecule has 1 aromatic carbocycles. The molecule has 0 radical (unpaired) electrons. The van der Waals surface area contributed by atoms with Crippen LogP contribution in [-0.2, 0) is 15.0 Å². The van der Waals surface area contributed by atoms with Crippen molar-refractivity contribution in [2.24, 2.45) is 5.14 Å². The lowest BCUT2D eigenvalue weighted by Gasteiger charge is -2.04. The highest BCUT2D eigenvalue weighted by Gasteiger charge is 2.01. The summed E-state index contributed by atoms with van der Waals surface area (Å²) in [5, 5.41) is 7.14. The van der Waals surface area contributed by atoms with Crippen LogP contribution in [0.25, 0.3) is 0 Å². The first kappa shape index (κ1) is 10.5. The van der Waals surface area contributed by atoms with Gasteiger partial charge in [0, 0.05) is 5.69 Å². The Labute approximate surface area is 81.3 Å². The largest absolute Gasteiger partial charge is 0.329 e. The zero-order chi connectivity index (χ0) is 10.6. The van der Waals surface area contributed by atoms with Gasteiger partial charge in [-0.15, -0.1) is 0 Å². The molecule has 0 aromatic heterocycles. The number of amides is 1. The van der Waals surface area contributed by atoms with Gasteiger partial charge in [0.1, 0.15) is 0 Å². The highest BCUT2D eigenvalue weighted by atomic mass is 32.2. The van der Waals surface area contributed by atoms with Gasteiger partial charge in [-0.3, -0.25) is 9.52 Å². The fourth-order valence-electron chi connectivity index (χ4n) is 0.905. The van der Waals surface area contributed by atoms with Gasteiger partial charge in [-0.25, -0.2) is 5.14 Å². The molecule has 0 fully saturated rings. The molecule has 6 nitrogen and oxygen atoms in total. The number of carbonyl (C=O) groups excluding carboxylic acids is 1. The molecule has 4 N–H and O–H groups in total. The van der Waals surface area contributed by atoms with Crippen LogP contribution >= 0.6 is 0 Å². The molecular formula is C7H9N3O3S. The lowest BCUT2D eigenvalue weighted by molar-refractivity contribution is -0.105. The SMILES string of the molecule is NS(=O)(=O)Nc1cccc(NC=O)c1. The van der Waals surface area contributed by atoms with E-state index in [1.807, 2.05) is 0 Å². The highest BCUT2D eigenvalue weighted by molar-refractivity contribution is 7.90. The number of benzene rings is 1. The molecule has 1 rings (SSSR count). The van der Waals surface area contributed by atoms with Gasteiger partial charge in [0.05, 0.1) is 5.69 Å². The lowest BCUT2D eigenvalue weighted by Crippen LogP contribution is -2.21. The van der Waals surface area contributed by atoms with Crippen LogP contribution in [-0.4, -0.2) is 14.8 Å². The summed E-state index contributed by atoms with van der Waals surface area (Å²) in [7, 11) is -3.77. The molecule has 0 aliphatic heterocycles. The second-order valence-electron chi connectivity index (χ2n) is 2.49. The summed E-state index contributed by atoms with van der Waals surface area (Å²) in [5.74, 6) is 0. The molecule has 7 heteroatoms. The normalized spacial score (nSPS) is 10.6. The van der Waals surface area contributed by atoms with E-state index < -0.39 is 10.2 Å². The average molecular weight is 215 g/mol. The van der Waals surface area contributed by atoms with Crippen molar-refractivity contribution in [1.29, 1.82) is 0 Å². The summed E-state index contributed by atoms with van der Waals surface area (Å²) >= 11 is 0. The molecule has 1 aromatic rings. The molecule has 0 heterocycles. The highest BCUT2D eigenvalue weighted by Crippen LogP contribution is 2.14. The molecule has 0 unspecified atom stereocenters. The lowest BCUT2D eigenvalue weighted by atomic mass is 10.3. The first-order valence-electron chi connectivity index (χ1n) is 3.62. The van der Waals surface area contributed by atoms with E-state index in [1.54, 1.807) is 12.1 Å². The molecule has 76 valence electrons. The van der Waals surface area contributed by atoms with Gasteiger partial charge in [0.15, 0.2) is 0 Å². The summed E-state index contributed by atoms with van der Waals surface area (Å²) in [6.45, 7) is 0. The third-order valence-corrected chi connectivity index (χ3v) is 1.87. The molecule has 0 aliphatic rings.